The molecule has 0 bridgehead atoms. The Morgan fingerprint density at radius 3 is 2.89 bits per heavy atom. The average Bonchev–Trinajstić information content (AvgIpc) is 1.89. The van der Waals surface area contributed by atoms with Gasteiger partial charge in [-0.3, -0.25) is 0 Å². The van der Waals surface area contributed by atoms with Gasteiger partial charge in [0.15, 0.2) is 0 Å². The minimum Gasteiger partial charge on any atom is -0.245 e. The van der Waals surface area contributed by atoms with Crippen LogP contribution in [-0.2, 0) is 0 Å². The van der Waals surface area contributed by atoms with E-state index >= 15 is 0 Å². The summed E-state index contributed by atoms with van der Waals surface area (Å²) in [6.07, 6.45) is 1.58. The van der Waals surface area contributed by atoms with Crippen LogP contribution in [0.3, 0.4) is 0 Å². The Morgan fingerprint density at radius 2 is 2.44 bits per heavy atom. The van der Waals surface area contributed by atoms with E-state index < -0.39 is 0 Å². The van der Waals surface area contributed by atoms with Crippen LogP contribution in [0, 0.1) is 18.3 Å². The van der Waals surface area contributed by atoms with Crippen LogP contribution < -0.4 is 0 Å². The first kappa shape index (κ1) is 5.77. The molecular formula is C7H5N2. The van der Waals surface area contributed by atoms with Crippen molar-refractivity contribution >= 4 is 0 Å². The Balaban J connectivity index is 3.20. The van der Waals surface area contributed by atoms with Crippen molar-refractivity contribution < 1.29 is 0 Å². The smallest absolute Gasteiger partial charge is 0.143 e. The van der Waals surface area contributed by atoms with Crippen molar-refractivity contribution in [1.82, 2.24) is 4.98 Å². The zero-order valence-electron chi connectivity index (χ0n) is 4.83. The maximum absolute atomic E-state index is 8.37. The highest BCUT2D eigenvalue weighted by Gasteiger charge is 1.92. The molecule has 9 heavy (non-hydrogen) atoms. The molecule has 0 aliphatic rings. The molecule has 0 unspecified atom stereocenters. The highest BCUT2D eigenvalue weighted by molar-refractivity contribution is 5.32. The summed E-state index contributed by atoms with van der Waals surface area (Å²) in [6.45, 7) is 3.61. The van der Waals surface area contributed by atoms with Crippen molar-refractivity contribution in [3.8, 4) is 6.07 Å². The number of pyridine rings is 1. The summed E-state index contributed by atoms with van der Waals surface area (Å²) in [4.78, 5) is 3.77. The maximum atomic E-state index is 8.37. The molecule has 0 aliphatic carbocycles. The quantitative estimate of drug-likeness (QED) is 0.510. The molecule has 0 amide bonds. The van der Waals surface area contributed by atoms with Crippen molar-refractivity contribution in [3.63, 3.8) is 0 Å². The monoisotopic (exact) mass is 117 g/mol. The van der Waals surface area contributed by atoms with Crippen molar-refractivity contribution in [1.29, 1.82) is 5.26 Å². The van der Waals surface area contributed by atoms with E-state index in [9.17, 15) is 0 Å². The third kappa shape index (κ3) is 1.06. The summed E-state index contributed by atoms with van der Waals surface area (Å²) in [5, 5.41) is 8.37. The molecule has 0 fully saturated rings. The Bertz CT molecular complexity index is 247. The molecule has 0 atom stereocenters. The van der Waals surface area contributed by atoms with Crippen LogP contribution in [0.2, 0.25) is 0 Å². The van der Waals surface area contributed by atoms with Gasteiger partial charge in [-0.1, -0.05) is 6.07 Å². The molecule has 0 spiro atoms. The van der Waals surface area contributed by atoms with Gasteiger partial charge in [-0.2, -0.15) is 5.26 Å². The molecule has 1 aromatic rings. The van der Waals surface area contributed by atoms with Crippen LogP contribution in [-0.4, -0.2) is 4.98 Å². The predicted octanol–water partition coefficient (Wildman–Crippen LogP) is 1.14. The first-order valence-electron chi connectivity index (χ1n) is 2.51. The van der Waals surface area contributed by atoms with E-state index in [1.54, 1.807) is 18.3 Å². The summed E-state index contributed by atoms with van der Waals surface area (Å²) in [7, 11) is 0. The van der Waals surface area contributed by atoms with E-state index in [2.05, 4.69) is 11.9 Å². The fourth-order valence-electron chi connectivity index (χ4n) is 0.539. The average molecular weight is 117 g/mol. The molecule has 0 aliphatic heterocycles. The van der Waals surface area contributed by atoms with Gasteiger partial charge in [-0.15, -0.1) is 0 Å². The van der Waals surface area contributed by atoms with Gasteiger partial charge in [-0.25, -0.2) is 4.98 Å². The third-order valence-electron chi connectivity index (χ3n) is 0.997. The van der Waals surface area contributed by atoms with E-state index in [-0.39, 0.29) is 0 Å². The van der Waals surface area contributed by atoms with Gasteiger partial charge in [0.05, 0.1) is 0 Å². The molecule has 43 valence electrons. The predicted molar refractivity (Wildman–Crippen MR) is 33.4 cm³/mol. The Labute approximate surface area is 53.8 Å². The van der Waals surface area contributed by atoms with Crippen LogP contribution in [0.4, 0.5) is 0 Å². The van der Waals surface area contributed by atoms with Crippen molar-refractivity contribution in [2.24, 2.45) is 0 Å². The van der Waals surface area contributed by atoms with Gasteiger partial charge in [0.1, 0.15) is 11.8 Å². The molecule has 1 heterocycles. The van der Waals surface area contributed by atoms with Gasteiger partial charge < -0.3 is 0 Å². The highest BCUT2D eigenvalue weighted by Crippen LogP contribution is 1.99. The van der Waals surface area contributed by atoms with Crippen LogP contribution in [0.5, 0.6) is 0 Å². The van der Waals surface area contributed by atoms with Gasteiger partial charge in [0, 0.05) is 6.20 Å². The second-order valence-corrected chi connectivity index (χ2v) is 1.62. The SMILES string of the molecule is [CH2]c1cccnc1C#N. The van der Waals surface area contributed by atoms with E-state index in [0.29, 0.717) is 11.3 Å². The second kappa shape index (κ2) is 2.27. The van der Waals surface area contributed by atoms with Crippen LogP contribution in [0.25, 0.3) is 0 Å². The normalized spacial score (nSPS) is 8.44. The summed E-state index contributed by atoms with van der Waals surface area (Å²) in [5.41, 5.74) is 1.08. The first-order chi connectivity index (χ1) is 4.34. The van der Waals surface area contributed by atoms with Gasteiger partial charge in [0.25, 0.3) is 0 Å². The first-order valence-corrected chi connectivity index (χ1v) is 2.51. The standard InChI is InChI=1S/C7H5N2/c1-6-3-2-4-9-7(6)5-8/h2-4H,1H2. The van der Waals surface area contributed by atoms with Gasteiger partial charge in [-0.05, 0) is 18.6 Å². The highest BCUT2D eigenvalue weighted by atomic mass is 14.7. The van der Waals surface area contributed by atoms with E-state index in [4.69, 9.17) is 5.26 Å². The van der Waals surface area contributed by atoms with Gasteiger partial charge in [0.2, 0.25) is 0 Å². The number of aromatic nitrogens is 1. The number of rotatable bonds is 0. The zero-order valence-corrected chi connectivity index (χ0v) is 4.83. The van der Waals surface area contributed by atoms with Crippen molar-refractivity contribution in [2.75, 3.05) is 0 Å². The minimum absolute atomic E-state index is 0.400. The fraction of sp³-hybridized carbons (Fsp3) is 0. The van der Waals surface area contributed by atoms with Crippen molar-refractivity contribution in [2.45, 2.75) is 0 Å². The molecule has 2 nitrogen and oxygen atoms in total. The van der Waals surface area contributed by atoms with Gasteiger partial charge >= 0.3 is 0 Å². The lowest BCUT2D eigenvalue weighted by Gasteiger charge is -1.89. The molecule has 0 aromatic carbocycles. The third-order valence-corrected chi connectivity index (χ3v) is 0.997. The molecule has 1 rings (SSSR count). The number of hydrogen-bond acceptors (Lipinski definition) is 2. The van der Waals surface area contributed by atoms with E-state index in [0.717, 1.165) is 0 Å². The Kier molecular flexibility index (Phi) is 1.46. The molecule has 2 heteroatoms. The molecular weight excluding hydrogens is 112 g/mol. The molecule has 0 saturated carbocycles. The molecule has 1 aromatic heterocycles. The number of nitrogens with zero attached hydrogens (tertiary/aromatic N) is 2. The number of hydrogen-bond donors (Lipinski definition) is 0. The van der Waals surface area contributed by atoms with Crippen LogP contribution in [0.15, 0.2) is 18.3 Å². The Morgan fingerprint density at radius 1 is 1.67 bits per heavy atom. The lowest BCUT2D eigenvalue weighted by Crippen LogP contribution is -1.83. The lowest BCUT2D eigenvalue weighted by atomic mass is 10.2. The van der Waals surface area contributed by atoms with E-state index in [1.807, 2.05) is 6.07 Å². The van der Waals surface area contributed by atoms with Crippen LogP contribution in [0.1, 0.15) is 11.3 Å². The Hall–Kier alpha value is -1.36. The second-order valence-electron chi connectivity index (χ2n) is 1.62. The van der Waals surface area contributed by atoms with E-state index in [1.165, 1.54) is 0 Å². The summed E-state index contributed by atoms with van der Waals surface area (Å²) < 4.78 is 0. The van der Waals surface area contributed by atoms with Crippen molar-refractivity contribution in [3.05, 3.63) is 36.5 Å². The van der Waals surface area contributed by atoms with Crippen LogP contribution >= 0.6 is 0 Å². The lowest BCUT2D eigenvalue weighted by molar-refractivity contribution is 1.24. The summed E-state index contributed by atoms with van der Waals surface area (Å²) in [6, 6.07) is 5.43. The fourth-order valence-corrected chi connectivity index (χ4v) is 0.539. The topological polar surface area (TPSA) is 36.7 Å². The maximum Gasteiger partial charge on any atom is 0.143 e. The molecule has 1 radical (unpaired) electrons. The summed E-state index contributed by atoms with van der Waals surface area (Å²) in [5.74, 6) is 0. The minimum atomic E-state index is 0.400. The largest absolute Gasteiger partial charge is 0.245 e. The molecule has 0 saturated heterocycles. The molecule has 0 N–H and O–H groups in total. The number of nitriles is 1. The zero-order chi connectivity index (χ0) is 6.69. The summed E-state index contributed by atoms with van der Waals surface area (Å²) >= 11 is 0.